The zero-order chi connectivity index (χ0) is 24.5. The summed E-state index contributed by atoms with van der Waals surface area (Å²) in [6.45, 7) is 3.77. The minimum Gasteiger partial charge on any atom is -0.461 e. The lowest BCUT2D eigenvalue weighted by Gasteiger charge is -2.11. The standard InChI is InChI=1S/C27H21N3O4S/c1-3-34-27(33)23-21-15-35-25(22(21)26(32)30(29-23)18-11-6-8-16(2)14-18)28-24(31)20-13-7-10-17-9-4-5-12-19(17)20/h4-15H,3H2,1-2H3,(H,28,31). The quantitative estimate of drug-likeness (QED) is 0.341. The molecule has 0 aliphatic rings. The van der Waals surface area contributed by atoms with Gasteiger partial charge >= 0.3 is 5.97 Å². The minimum atomic E-state index is -0.636. The molecule has 0 atom stereocenters. The molecule has 174 valence electrons. The summed E-state index contributed by atoms with van der Waals surface area (Å²) in [5.74, 6) is -0.981. The number of amides is 1. The number of rotatable bonds is 5. The monoisotopic (exact) mass is 483 g/mol. The maximum atomic E-state index is 13.6. The molecule has 35 heavy (non-hydrogen) atoms. The topological polar surface area (TPSA) is 90.3 Å². The fraction of sp³-hybridized carbons (Fsp3) is 0.111. The highest BCUT2D eigenvalue weighted by atomic mass is 32.1. The molecule has 5 aromatic rings. The molecule has 0 radical (unpaired) electrons. The van der Waals surface area contributed by atoms with Crippen LogP contribution in [0, 0.1) is 6.92 Å². The number of aromatic nitrogens is 2. The molecule has 2 heterocycles. The molecule has 0 saturated heterocycles. The summed E-state index contributed by atoms with van der Waals surface area (Å²) >= 11 is 1.17. The lowest BCUT2D eigenvalue weighted by Crippen LogP contribution is -2.25. The van der Waals surface area contributed by atoms with Crippen LogP contribution >= 0.6 is 11.3 Å². The minimum absolute atomic E-state index is 0.0184. The van der Waals surface area contributed by atoms with Crippen LogP contribution in [-0.4, -0.2) is 28.3 Å². The molecule has 0 spiro atoms. The Bertz CT molecular complexity index is 1660. The van der Waals surface area contributed by atoms with Crippen molar-refractivity contribution in [1.82, 2.24) is 9.78 Å². The van der Waals surface area contributed by atoms with E-state index in [0.717, 1.165) is 16.3 Å². The van der Waals surface area contributed by atoms with Gasteiger partial charge in [-0.2, -0.15) is 9.78 Å². The summed E-state index contributed by atoms with van der Waals surface area (Å²) in [5.41, 5.74) is 1.52. The number of thiophene rings is 1. The third kappa shape index (κ3) is 4.08. The molecule has 8 heteroatoms. The Balaban J connectivity index is 1.67. The summed E-state index contributed by atoms with van der Waals surface area (Å²) in [5, 5.41) is 11.5. The number of ether oxygens (including phenoxy) is 1. The number of fused-ring (bicyclic) bond motifs is 2. The molecule has 1 N–H and O–H groups in total. The van der Waals surface area contributed by atoms with Crippen molar-refractivity contribution >= 4 is 49.8 Å². The third-order valence-corrected chi connectivity index (χ3v) is 6.52. The Kier molecular flexibility index (Phi) is 5.88. The molecule has 3 aromatic carbocycles. The first-order valence-electron chi connectivity index (χ1n) is 11.1. The van der Waals surface area contributed by atoms with E-state index in [1.54, 1.807) is 30.5 Å². The fourth-order valence-electron chi connectivity index (χ4n) is 4.02. The van der Waals surface area contributed by atoms with E-state index in [0.29, 0.717) is 21.6 Å². The summed E-state index contributed by atoms with van der Waals surface area (Å²) in [7, 11) is 0. The van der Waals surface area contributed by atoms with E-state index in [1.807, 2.05) is 55.5 Å². The Morgan fingerprint density at radius 3 is 2.60 bits per heavy atom. The van der Waals surface area contributed by atoms with Gasteiger partial charge in [0.25, 0.3) is 11.5 Å². The third-order valence-electron chi connectivity index (χ3n) is 5.63. The summed E-state index contributed by atoms with van der Waals surface area (Å²) in [4.78, 5) is 39.6. The lowest BCUT2D eigenvalue weighted by molar-refractivity contribution is 0.0520. The highest BCUT2D eigenvalue weighted by Gasteiger charge is 2.23. The van der Waals surface area contributed by atoms with Crippen LogP contribution in [0.4, 0.5) is 5.00 Å². The SMILES string of the molecule is CCOC(=O)c1nn(-c2cccc(C)c2)c(=O)c2c(NC(=O)c3cccc4ccccc34)scc12. The first-order chi connectivity index (χ1) is 17.0. The second-order valence-corrected chi connectivity index (χ2v) is 8.84. The summed E-state index contributed by atoms with van der Waals surface area (Å²) < 4.78 is 6.38. The van der Waals surface area contributed by atoms with Crippen LogP contribution in [-0.2, 0) is 4.74 Å². The predicted molar refractivity (Wildman–Crippen MR) is 138 cm³/mol. The van der Waals surface area contributed by atoms with Crippen molar-refractivity contribution in [2.45, 2.75) is 13.8 Å². The number of aryl methyl sites for hydroxylation is 1. The van der Waals surface area contributed by atoms with Crippen molar-refractivity contribution in [2.24, 2.45) is 0 Å². The van der Waals surface area contributed by atoms with Crippen molar-refractivity contribution in [3.63, 3.8) is 0 Å². The van der Waals surface area contributed by atoms with E-state index in [4.69, 9.17) is 4.74 Å². The zero-order valence-corrected chi connectivity index (χ0v) is 19.9. The first-order valence-corrected chi connectivity index (χ1v) is 11.9. The van der Waals surface area contributed by atoms with Gasteiger partial charge < -0.3 is 10.1 Å². The Hall–Kier alpha value is -4.30. The van der Waals surface area contributed by atoms with E-state index < -0.39 is 11.5 Å². The van der Waals surface area contributed by atoms with E-state index in [1.165, 1.54) is 16.0 Å². The summed E-state index contributed by atoms with van der Waals surface area (Å²) in [6.07, 6.45) is 0. The van der Waals surface area contributed by atoms with Gasteiger partial charge in [0, 0.05) is 16.3 Å². The van der Waals surface area contributed by atoms with Crippen molar-refractivity contribution in [1.29, 1.82) is 0 Å². The van der Waals surface area contributed by atoms with Crippen LogP contribution in [0.5, 0.6) is 0 Å². The number of carbonyl (C=O) groups excluding carboxylic acids is 2. The van der Waals surface area contributed by atoms with Crippen LogP contribution in [0.25, 0.3) is 27.2 Å². The molecule has 0 bridgehead atoms. The maximum Gasteiger partial charge on any atom is 0.359 e. The largest absolute Gasteiger partial charge is 0.461 e. The molecule has 0 fully saturated rings. The maximum absolute atomic E-state index is 13.6. The number of benzene rings is 3. The van der Waals surface area contributed by atoms with Gasteiger partial charge in [-0.05, 0) is 48.4 Å². The summed E-state index contributed by atoms with van der Waals surface area (Å²) in [6, 6.07) is 20.3. The van der Waals surface area contributed by atoms with Crippen molar-refractivity contribution in [2.75, 3.05) is 11.9 Å². The van der Waals surface area contributed by atoms with Crippen molar-refractivity contribution in [3.8, 4) is 5.69 Å². The second-order valence-electron chi connectivity index (χ2n) is 7.96. The van der Waals surface area contributed by atoms with Gasteiger partial charge in [0.05, 0.1) is 17.7 Å². The van der Waals surface area contributed by atoms with Gasteiger partial charge in [0.2, 0.25) is 0 Å². The predicted octanol–water partition coefficient (Wildman–Crippen LogP) is 5.34. The molecule has 5 rings (SSSR count). The lowest BCUT2D eigenvalue weighted by atomic mass is 10.0. The van der Waals surface area contributed by atoms with Gasteiger partial charge in [0.15, 0.2) is 5.69 Å². The highest BCUT2D eigenvalue weighted by molar-refractivity contribution is 7.16. The smallest absolute Gasteiger partial charge is 0.359 e. The number of nitrogens with zero attached hydrogens (tertiary/aromatic N) is 2. The highest BCUT2D eigenvalue weighted by Crippen LogP contribution is 2.31. The Labute approximate surface area is 204 Å². The van der Waals surface area contributed by atoms with Gasteiger partial charge in [0.1, 0.15) is 5.00 Å². The number of hydrogen-bond donors (Lipinski definition) is 1. The van der Waals surface area contributed by atoms with Gasteiger partial charge in [-0.3, -0.25) is 9.59 Å². The van der Waals surface area contributed by atoms with E-state index >= 15 is 0 Å². The van der Waals surface area contributed by atoms with Gasteiger partial charge in [-0.25, -0.2) is 4.79 Å². The Morgan fingerprint density at radius 2 is 1.80 bits per heavy atom. The number of nitrogens with one attached hydrogen (secondary N) is 1. The van der Waals surface area contributed by atoms with Crippen LogP contribution in [0.3, 0.4) is 0 Å². The Morgan fingerprint density at radius 1 is 1.03 bits per heavy atom. The van der Waals surface area contributed by atoms with E-state index in [2.05, 4.69) is 10.4 Å². The number of anilines is 1. The van der Waals surface area contributed by atoms with Crippen LogP contribution in [0.2, 0.25) is 0 Å². The zero-order valence-electron chi connectivity index (χ0n) is 19.1. The molecule has 0 aliphatic carbocycles. The molecule has 2 aromatic heterocycles. The number of hydrogen-bond acceptors (Lipinski definition) is 6. The molecule has 0 saturated carbocycles. The van der Waals surface area contributed by atoms with Crippen molar-refractivity contribution in [3.05, 3.63) is 99.3 Å². The normalized spacial score (nSPS) is 11.0. The van der Waals surface area contributed by atoms with Crippen LogP contribution in [0.15, 0.2) is 76.9 Å². The van der Waals surface area contributed by atoms with E-state index in [-0.39, 0.29) is 23.6 Å². The van der Waals surface area contributed by atoms with E-state index in [9.17, 15) is 14.4 Å². The average Bonchev–Trinajstić information content (AvgIpc) is 3.28. The van der Waals surface area contributed by atoms with Crippen LogP contribution in [0.1, 0.15) is 33.3 Å². The molecule has 0 unspecified atom stereocenters. The fourth-order valence-corrected chi connectivity index (χ4v) is 4.95. The number of carbonyl (C=O) groups is 2. The van der Waals surface area contributed by atoms with Gasteiger partial charge in [-0.1, -0.05) is 48.5 Å². The van der Waals surface area contributed by atoms with Crippen LogP contribution < -0.4 is 10.9 Å². The average molecular weight is 484 g/mol. The first kappa shape index (κ1) is 22.5. The molecular weight excluding hydrogens is 462 g/mol. The molecule has 7 nitrogen and oxygen atoms in total. The van der Waals surface area contributed by atoms with Crippen molar-refractivity contribution < 1.29 is 14.3 Å². The molecule has 0 aliphatic heterocycles. The number of esters is 1. The molecular formula is C27H21N3O4S. The molecule has 1 amide bonds. The van der Waals surface area contributed by atoms with Gasteiger partial charge in [-0.15, -0.1) is 11.3 Å². The second kappa shape index (κ2) is 9.15.